The zero-order valence-electron chi connectivity index (χ0n) is 17.6. The van der Waals surface area contributed by atoms with Crippen LogP contribution in [0.3, 0.4) is 0 Å². The lowest BCUT2D eigenvalue weighted by Crippen LogP contribution is -2.35. The molecule has 0 aliphatic rings. The summed E-state index contributed by atoms with van der Waals surface area (Å²) in [7, 11) is 2.62. The molecule has 0 amide bonds. The van der Waals surface area contributed by atoms with Crippen molar-refractivity contribution < 1.29 is 33.7 Å². The summed E-state index contributed by atoms with van der Waals surface area (Å²) in [5.41, 5.74) is 0.729. The predicted octanol–water partition coefficient (Wildman–Crippen LogP) is 3.10. The van der Waals surface area contributed by atoms with E-state index in [0.717, 1.165) is 12.0 Å². The number of furan rings is 1. The molecular weight excluding hydrogens is 376 g/mol. The molecule has 0 unspecified atom stereocenters. The Hall–Kier alpha value is -2.38. The Bertz CT molecular complexity index is 693. The Balaban J connectivity index is 2.72. The van der Waals surface area contributed by atoms with E-state index in [0.29, 0.717) is 30.4 Å². The summed E-state index contributed by atoms with van der Waals surface area (Å²) in [6.07, 6.45) is 8.58. The Kier molecular flexibility index (Phi) is 10.4. The molecule has 162 valence electrons. The molecule has 1 aromatic heterocycles. The number of esters is 2. The van der Waals surface area contributed by atoms with Crippen LogP contribution in [0.2, 0.25) is 0 Å². The van der Waals surface area contributed by atoms with Gasteiger partial charge in [-0.3, -0.25) is 0 Å². The Morgan fingerprint density at radius 3 is 2.21 bits per heavy atom. The van der Waals surface area contributed by atoms with E-state index in [1.165, 1.54) is 28.1 Å². The van der Waals surface area contributed by atoms with E-state index in [9.17, 15) is 19.8 Å². The summed E-state index contributed by atoms with van der Waals surface area (Å²) >= 11 is 0. The average molecular weight is 408 g/mol. The van der Waals surface area contributed by atoms with Crippen LogP contribution in [0.15, 0.2) is 46.3 Å². The van der Waals surface area contributed by atoms with Crippen LogP contribution in [0, 0.1) is 0 Å². The minimum Gasteiger partial charge on any atom is -0.472 e. The summed E-state index contributed by atoms with van der Waals surface area (Å²) in [4.78, 5) is 24.0. The van der Waals surface area contributed by atoms with Crippen LogP contribution in [-0.2, 0) is 25.5 Å². The summed E-state index contributed by atoms with van der Waals surface area (Å²) in [6.45, 7) is 3.02. The van der Waals surface area contributed by atoms with Gasteiger partial charge in [-0.25, -0.2) is 9.59 Å². The zero-order valence-corrected chi connectivity index (χ0v) is 17.6. The Morgan fingerprint density at radius 2 is 1.69 bits per heavy atom. The number of carbonyl (C=O) groups excluding carboxylic acids is 2. The van der Waals surface area contributed by atoms with Gasteiger partial charge in [-0.1, -0.05) is 12.2 Å². The molecule has 0 aliphatic carbocycles. The highest BCUT2D eigenvalue weighted by molar-refractivity contribution is 5.89. The van der Waals surface area contributed by atoms with E-state index in [2.05, 4.69) is 0 Å². The molecule has 7 nitrogen and oxygen atoms in total. The lowest BCUT2D eigenvalue weighted by atomic mass is 9.95. The highest BCUT2D eigenvalue weighted by atomic mass is 16.5. The van der Waals surface area contributed by atoms with Gasteiger partial charge in [-0.15, -0.1) is 0 Å². The molecule has 1 rings (SSSR count). The van der Waals surface area contributed by atoms with Gasteiger partial charge in [0.15, 0.2) is 0 Å². The second kappa shape index (κ2) is 12.2. The third-order valence-electron chi connectivity index (χ3n) is 4.61. The molecule has 1 aromatic rings. The van der Waals surface area contributed by atoms with E-state index in [-0.39, 0.29) is 12.8 Å². The first-order valence-corrected chi connectivity index (χ1v) is 9.65. The molecular formula is C22H32O7. The fourth-order valence-corrected chi connectivity index (χ4v) is 2.73. The molecule has 0 saturated carbocycles. The number of hydrogen-bond donors (Lipinski definition) is 2. The van der Waals surface area contributed by atoms with Crippen molar-refractivity contribution in [2.75, 3.05) is 14.2 Å². The van der Waals surface area contributed by atoms with Crippen LogP contribution >= 0.6 is 0 Å². The molecule has 0 spiro atoms. The third kappa shape index (κ3) is 9.11. The fraction of sp³-hybridized carbons (Fsp3) is 0.545. The minimum absolute atomic E-state index is 0.217. The highest BCUT2D eigenvalue weighted by Gasteiger charge is 2.25. The average Bonchev–Trinajstić information content (AvgIpc) is 3.20. The normalized spacial score (nSPS) is 13.9. The van der Waals surface area contributed by atoms with E-state index < -0.39 is 23.6 Å². The van der Waals surface area contributed by atoms with E-state index >= 15 is 0 Å². The van der Waals surface area contributed by atoms with Crippen molar-refractivity contribution in [1.29, 1.82) is 0 Å². The number of rotatable bonds is 12. The van der Waals surface area contributed by atoms with Crippen LogP contribution in [-0.4, -0.2) is 48.1 Å². The van der Waals surface area contributed by atoms with Gasteiger partial charge in [0.1, 0.15) is 0 Å². The lowest BCUT2D eigenvalue weighted by molar-refractivity contribution is -0.137. The Morgan fingerprint density at radius 1 is 1.10 bits per heavy atom. The van der Waals surface area contributed by atoms with E-state index in [4.69, 9.17) is 13.9 Å². The van der Waals surface area contributed by atoms with Gasteiger partial charge in [0.25, 0.3) is 0 Å². The van der Waals surface area contributed by atoms with Crippen LogP contribution in [0.1, 0.15) is 51.5 Å². The summed E-state index contributed by atoms with van der Waals surface area (Å²) in [5, 5.41) is 19.8. The molecule has 7 heteroatoms. The maximum atomic E-state index is 12.0. The van der Waals surface area contributed by atoms with Crippen molar-refractivity contribution in [1.82, 2.24) is 0 Å². The number of ether oxygens (including phenoxy) is 2. The van der Waals surface area contributed by atoms with Crippen LogP contribution in [0.25, 0.3) is 0 Å². The first kappa shape index (κ1) is 24.7. The standard InChI is InChI=1S/C22H32O7/c1-22(2,26)19(23)12-11-18(21(25)28-4)10-6-9-17(20(24)27-3)8-5-7-16-13-14-29-15-16/h8,10,13-15,19,23,26H,5-7,9,11-12H2,1-4H3/b17-8-,18-10-/t19-/m0/s1. The van der Waals surface area contributed by atoms with Crippen LogP contribution in [0.4, 0.5) is 0 Å². The van der Waals surface area contributed by atoms with Crippen LogP contribution < -0.4 is 0 Å². The monoisotopic (exact) mass is 408 g/mol. The highest BCUT2D eigenvalue weighted by Crippen LogP contribution is 2.19. The summed E-state index contributed by atoms with van der Waals surface area (Å²) < 4.78 is 14.7. The van der Waals surface area contributed by atoms with Gasteiger partial charge in [-0.05, 0) is 64.0 Å². The molecule has 0 saturated heterocycles. The summed E-state index contributed by atoms with van der Waals surface area (Å²) in [6, 6.07) is 1.87. The number of hydrogen-bond acceptors (Lipinski definition) is 7. The molecule has 0 fully saturated rings. The smallest absolute Gasteiger partial charge is 0.333 e. The zero-order chi connectivity index (χ0) is 21.9. The minimum atomic E-state index is -1.25. The van der Waals surface area contributed by atoms with Crippen molar-refractivity contribution in [3.63, 3.8) is 0 Å². The molecule has 2 N–H and O–H groups in total. The first-order valence-electron chi connectivity index (χ1n) is 9.65. The van der Waals surface area contributed by atoms with Crippen molar-refractivity contribution >= 4 is 11.9 Å². The number of aliphatic hydroxyl groups is 2. The van der Waals surface area contributed by atoms with Gasteiger partial charge in [0.2, 0.25) is 0 Å². The molecule has 0 aromatic carbocycles. The number of aliphatic hydroxyl groups excluding tert-OH is 1. The largest absolute Gasteiger partial charge is 0.472 e. The van der Waals surface area contributed by atoms with Gasteiger partial charge in [0.05, 0.1) is 38.5 Å². The van der Waals surface area contributed by atoms with Gasteiger partial charge in [0, 0.05) is 11.1 Å². The SMILES string of the molecule is COC(=O)/C(=C\CCc1ccoc1)CC/C=C(/CC[C@H](O)C(C)(C)O)C(=O)OC. The number of carbonyl (C=O) groups is 2. The second-order valence-electron chi connectivity index (χ2n) is 7.36. The molecule has 0 bridgehead atoms. The maximum Gasteiger partial charge on any atom is 0.333 e. The van der Waals surface area contributed by atoms with Gasteiger partial charge >= 0.3 is 11.9 Å². The Labute approximate surface area is 172 Å². The second-order valence-corrected chi connectivity index (χ2v) is 7.36. The van der Waals surface area contributed by atoms with E-state index in [1.54, 1.807) is 18.6 Å². The van der Waals surface area contributed by atoms with Crippen LogP contribution in [0.5, 0.6) is 0 Å². The predicted molar refractivity (Wildman–Crippen MR) is 108 cm³/mol. The lowest BCUT2D eigenvalue weighted by Gasteiger charge is -2.24. The van der Waals surface area contributed by atoms with Crippen molar-refractivity contribution in [2.45, 2.75) is 64.1 Å². The fourth-order valence-electron chi connectivity index (χ4n) is 2.73. The number of allylic oxidation sites excluding steroid dienone is 2. The maximum absolute atomic E-state index is 12.0. The van der Waals surface area contributed by atoms with E-state index in [1.807, 2.05) is 12.1 Å². The van der Waals surface area contributed by atoms with Crippen molar-refractivity contribution in [3.05, 3.63) is 47.5 Å². The first-order chi connectivity index (χ1) is 13.7. The molecule has 0 radical (unpaired) electrons. The van der Waals surface area contributed by atoms with Gasteiger partial charge in [-0.2, -0.15) is 0 Å². The molecule has 1 heterocycles. The quantitative estimate of drug-likeness (QED) is 0.404. The van der Waals surface area contributed by atoms with Crippen molar-refractivity contribution in [2.24, 2.45) is 0 Å². The number of methoxy groups -OCH3 is 2. The number of aryl methyl sites for hydroxylation is 1. The van der Waals surface area contributed by atoms with Gasteiger partial charge < -0.3 is 24.1 Å². The third-order valence-corrected chi connectivity index (χ3v) is 4.61. The molecule has 0 aliphatic heterocycles. The molecule has 29 heavy (non-hydrogen) atoms. The summed E-state index contributed by atoms with van der Waals surface area (Å²) in [5.74, 6) is -0.890. The van der Waals surface area contributed by atoms with Crippen molar-refractivity contribution in [3.8, 4) is 0 Å². The topological polar surface area (TPSA) is 106 Å². The molecule has 1 atom stereocenters.